The van der Waals surface area contributed by atoms with Crippen molar-refractivity contribution in [3.8, 4) is 0 Å². The van der Waals surface area contributed by atoms with Crippen molar-refractivity contribution in [1.29, 1.82) is 0 Å². The molecule has 4 nitrogen and oxygen atoms in total. The summed E-state index contributed by atoms with van der Waals surface area (Å²) in [5.41, 5.74) is 2.10. The Morgan fingerprint density at radius 3 is 2.75 bits per heavy atom. The number of nitrogens with zero attached hydrogens (tertiary/aromatic N) is 2. The third-order valence-corrected chi connectivity index (χ3v) is 3.21. The summed E-state index contributed by atoms with van der Waals surface area (Å²) in [7, 11) is 0. The van der Waals surface area contributed by atoms with Crippen LogP contribution in [0, 0.1) is 6.92 Å². The lowest BCUT2D eigenvalue weighted by molar-refractivity contribution is 0.573. The van der Waals surface area contributed by atoms with Gasteiger partial charge < -0.3 is 10.6 Å². The molecule has 0 saturated heterocycles. The zero-order chi connectivity index (χ0) is 14.4. The van der Waals surface area contributed by atoms with Crippen molar-refractivity contribution in [1.82, 2.24) is 15.1 Å². The minimum absolute atomic E-state index is 0.615. The number of thiocarbonyl (C=S) groups is 1. The van der Waals surface area contributed by atoms with Crippen LogP contribution in [-0.4, -0.2) is 21.4 Å². The Morgan fingerprint density at radius 2 is 2.10 bits per heavy atom. The molecule has 0 unspecified atom stereocenters. The second kappa shape index (κ2) is 7.26. The fourth-order valence-electron chi connectivity index (χ4n) is 1.74. The van der Waals surface area contributed by atoms with E-state index in [0.717, 1.165) is 25.2 Å². The molecule has 0 bridgehead atoms. The van der Waals surface area contributed by atoms with Gasteiger partial charge in [0.05, 0.1) is 6.20 Å². The number of halogens is 1. The Bertz CT molecular complexity index is 565. The molecule has 0 aliphatic heterocycles. The molecule has 20 heavy (non-hydrogen) atoms. The van der Waals surface area contributed by atoms with Crippen molar-refractivity contribution >= 4 is 34.6 Å². The van der Waals surface area contributed by atoms with Crippen LogP contribution < -0.4 is 10.6 Å². The van der Waals surface area contributed by atoms with E-state index in [4.69, 9.17) is 23.8 Å². The number of nitrogens with one attached hydrogen (secondary N) is 2. The summed E-state index contributed by atoms with van der Waals surface area (Å²) in [6, 6.07) is 7.44. The standard InChI is InChI=1S/C14H17ClN4S/c1-11-9-17-19(10-11)8-2-7-16-14(20)18-13-5-3-12(15)4-6-13/h3-6,9-10H,2,7-8H2,1H3,(H2,16,18,20). The smallest absolute Gasteiger partial charge is 0.170 e. The second-order valence-corrected chi connectivity index (χ2v) is 5.37. The highest BCUT2D eigenvalue weighted by molar-refractivity contribution is 7.80. The normalized spacial score (nSPS) is 10.3. The Kier molecular flexibility index (Phi) is 5.38. The molecule has 2 aromatic rings. The SMILES string of the molecule is Cc1cnn(CCCNC(=S)Nc2ccc(Cl)cc2)c1. The van der Waals surface area contributed by atoms with E-state index in [1.165, 1.54) is 5.56 Å². The van der Waals surface area contributed by atoms with Gasteiger partial charge in [-0.1, -0.05) is 11.6 Å². The maximum Gasteiger partial charge on any atom is 0.170 e. The highest BCUT2D eigenvalue weighted by atomic mass is 35.5. The van der Waals surface area contributed by atoms with E-state index in [-0.39, 0.29) is 0 Å². The largest absolute Gasteiger partial charge is 0.362 e. The molecular formula is C14H17ClN4S. The molecular weight excluding hydrogens is 292 g/mol. The van der Waals surface area contributed by atoms with Gasteiger partial charge in [0, 0.05) is 30.0 Å². The number of benzene rings is 1. The molecule has 0 fully saturated rings. The number of aryl methyl sites for hydroxylation is 2. The quantitative estimate of drug-likeness (QED) is 0.657. The van der Waals surface area contributed by atoms with Gasteiger partial charge in [-0.2, -0.15) is 5.10 Å². The topological polar surface area (TPSA) is 41.9 Å². The fraction of sp³-hybridized carbons (Fsp3) is 0.286. The zero-order valence-corrected chi connectivity index (χ0v) is 12.8. The first-order valence-electron chi connectivity index (χ1n) is 6.43. The number of hydrogen-bond acceptors (Lipinski definition) is 2. The zero-order valence-electron chi connectivity index (χ0n) is 11.3. The van der Waals surface area contributed by atoms with Crippen molar-refractivity contribution in [2.75, 3.05) is 11.9 Å². The maximum atomic E-state index is 5.83. The molecule has 0 aliphatic carbocycles. The van der Waals surface area contributed by atoms with Crippen molar-refractivity contribution in [2.45, 2.75) is 19.9 Å². The summed E-state index contributed by atoms with van der Waals surface area (Å²) in [4.78, 5) is 0. The average Bonchev–Trinajstić information content (AvgIpc) is 2.83. The molecule has 106 valence electrons. The first-order valence-corrected chi connectivity index (χ1v) is 7.21. The minimum Gasteiger partial charge on any atom is -0.362 e. The van der Waals surface area contributed by atoms with E-state index in [1.54, 1.807) is 0 Å². The van der Waals surface area contributed by atoms with Crippen LogP contribution in [0.3, 0.4) is 0 Å². The number of rotatable bonds is 5. The molecule has 1 aromatic heterocycles. The highest BCUT2D eigenvalue weighted by Crippen LogP contribution is 2.13. The molecule has 0 aliphatic rings. The molecule has 0 atom stereocenters. The van der Waals surface area contributed by atoms with Crippen molar-refractivity contribution in [3.63, 3.8) is 0 Å². The lowest BCUT2D eigenvalue weighted by Crippen LogP contribution is -2.29. The lowest BCUT2D eigenvalue weighted by atomic mass is 10.3. The van der Waals surface area contributed by atoms with E-state index < -0.39 is 0 Å². The third kappa shape index (κ3) is 4.83. The summed E-state index contributed by atoms with van der Waals surface area (Å²) in [6.07, 6.45) is 4.86. The molecule has 1 aromatic carbocycles. The number of anilines is 1. The van der Waals surface area contributed by atoms with Gasteiger partial charge in [-0.15, -0.1) is 0 Å². The maximum absolute atomic E-state index is 5.83. The lowest BCUT2D eigenvalue weighted by Gasteiger charge is -2.10. The van der Waals surface area contributed by atoms with Gasteiger partial charge in [-0.25, -0.2) is 0 Å². The number of aromatic nitrogens is 2. The van der Waals surface area contributed by atoms with E-state index in [0.29, 0.717) is 10.1 Å². The molecule has 0 saturated carbocycles. The first-order chi connectivity index (χ1) is 9.63. The van der Waals surface area contributed by atoms with Gasteiger partial charge in [0.2, 0.25) is 0 Å². The first kappa shape index (κ1) is 14.8. The molecule has 1 heterocycles. The second-order valence-electron chi connectivity index (χ2n) is 4.52. The van der Waals surface area contributed by atoms with Gasteiger partial charge in [0.15, 0.2) is 5.11 Å². The molecule has 2 rings (SSSR count). The Hall–Kier alpha value is -1.59. The van der Waals surface area contributed by atoms with Crippen LogP contribution in [-0.2, 0) is 6.54 Å². The Labute approximate surface area is 129 Å². The monoisotopic (exact) mass is 308 g/mol. The van der Waals surface area contributed by atoms with Crippen molar-refractivity contribution in [2.24, 2.45) is 0 Å². The van der Waals surface area contributed by atoms with Gasteiger partial charge in [-0.05, 0) is 55.4 Å². The predicted octanol–water partition coefficient (Wildman–Crippen LogP) is 3.22. The average molecular weight is 309 g/mol. The fourth-order valence-corrected chi connectivity index (χ4v) is 2.09. The van der Waals surface area contributed by atoms with Crippen LogP contribution in [0.15, 0.2) is 36.7 Å². The van der Waals surface area contributed by atoms with E-state index in [1.807, 2.05) is 48.3 Å². The molecule has 0 spiro atoms. The molecule has 6 heteroatoms. The van der Waals surface area contributed by atoms with Gasteiger partial charge in [-0.3, -0.25) is 4.68 Å². The van der Waals surface area contributed by atoms with E-state index >= 15 is 0 Å². The summed E-state index contributed by atoms with van der Waals surface area (Å²) in [5.74, 6) is 0. The van der Waals surface area contributed by atoms with Gasteiger partial charge in [0.1, 0.15) is 0 Å². The predicted molar refractivity (Wildman–Crippen MR) is 87.3 cm³/mol. The van der Waals surface area contributed by atoms with Crippen LogP contribution in [0.4, 0.5) is 5.69 Å². The summed E-state index contributed by atoms with van der Waals surface area (Å²) < 4.78 is 1.94. The third-order valence-electron chi connectivity index (χ3n) is 2.71. The van der Waals surface area contributed by atoms with Crippen molar-refractivity contribution in [3.05, 3.63) is 47.2 Å². The van der Waals surface area contributed by atoms with E-state index in [9.17, 15) is 0 Å². The highest BCUT2D eigenvalue weighted by Gasteiger charge is 1.98. The molecule has 2 N–H and O–H groups in total. The Balaban J connectivity index is 1.66. The van der Waals surface area contributed by atoms with Crippen LogP contribution in [0.2, 0.25) is 5.02 Å². The van der Waals surface area contributed by atoms with Crippen LogP contribution in [0.25, 0.3) is 0 Å². The van der Waals surface area contributed by atoms with Crippen LogP contribution in [0.1, 0.15) is 12.0 Å². The Morgan fingerprint density at radius 1 is 1.35 bits per heavy atom. The van der Waals surface area contributed by atoms with Crippen LogP contribution >= 0.6 is 23.8 Å². The molecule has 0 radical (unpaired) electrons. The van der Waals surface area contributed by atoms with E-state index in [2.05, 4.69) is 15.7 Å². The van der Waals surface area contributed by atoms with Crippen LogP contribution in [0.5, 0.6) is 0 Å². The van der Waals surface area contributed by atoms with Crippen molar-refractivity contribution < 1.29 is 0 Å². The van der Waals surface area contributed by atoms with Gasteiger partial charge in [0.25, 0.3) is 0 Å². The molecule has 0 amide bonds. The number of hydrogen-bond donors (Lipinski definition) is 2. The summed E-state index contributed by atoms with van der Waals surface area (Å²) in [6.45, 7) is 3.72. The summed E-state index contributed by atoms with van der Waals surface area (Å²) in [5, 5.41) is 11.8. The van der Waals surface area contributed by atoms with Gasteiger partial charge >= 0.3 is 0 Å². The minimum atomic E-state index is 0.615. The summed E-state index contributed by atoms with van der Waals surface area (Å²) >= 11 is 11.1.